The summed E-state index contributed by atoms with van der Waals surface area (Å²) in [6.45, 7) is 4.69. The van der Waals surface area contributed by atoms with Gasteiger partial charge in [0.1, 0.15) is 6.61 Å². The average molecular weight is 411 g/mol. The van der Waals surface area contributed by atoms with E-state index in [9.17, 15) is 8.78 Å². The first-order valence-corrected chi connectivity index (χ1v) is 10.5. The molecule has 3 aromatic rings. The van der Waals surface area contributed by atoms with E-state index in [-0.39, 0.29) is 18.1 Å². The summed E-state index contributed by atoms with van der Waals surface area (Å²) in [5.41, 5.74) is 4.47. The van der Waals surface area contributed by atoms with Crippen molar-refractivity contribution in [1.82, 2.24) is 0 Å². The summed E-state index contributed by atoms with van der Waals surface area (Å²) in [6, 6.07) is 19.3. The lowest BCUT2D eigenvalue weighted by Gasteiger charge is -2.12. The first-order chi connectivity index (χ1) is 14.6. The van der Waals surface area contributed by atoms with Gasteiger partial charge in [0, 0.05) is 0 Å². The number of hydrogen-bond donors (Lipinski definition) is 0. The van der Waals surface area contributed by atoms with Gasteiger partial charge in [0.05, 0.1) is 6.61 Å². The van der Waals surface area contributed by atoms with Crippen molar-refractivity contribution in [1.29, 1.82) is 0 Å². The van der Waals surface area contributed by atoms with E-state index in [4.69, 9.17) is 9.47 Å². The Bertz CT molecular complexity index is 934. The van der Waals surface area contributed by atoms with E-state index in [0.717, 1.165) is 42.4 Å². The molecule has 30 heavy (non-hydrogen) atoms. The molecule has 158 valence electrons. The van der Waals surface area contributed by atoms with E-state index in [2.05, 4.69) is 31.2 Å². The van der Waals surface area contributed by atoms with Gasteiger partial charge >= 0.3 is 0 Å². The van der Waals surface area contributed by atoms with Gasteiger partial charge in [-0.15, -0.1) is 0 Å². The molecule has 0 unspecified atom stereocenters. The SMILES string of the molecule is CCCCOc1ccc(OCc2ccc(-c3ccc(CCC)cc3)cc2)c(F)c1F. The number of hydrogen-bond acceptors (Lipinski definition) is 2. The molecule has 0 radical (unpaired) electrons. The Labute approximate surface area is 177 Å². The number of ether oxygens (including phenoxy) is 2. The zero-order valence-electron chi connectivity index (χ0n) is 17.6. The fourth-order valence-electron chi connectivity index (χ4n) is 3.17. The third kappa shape index (κ3) is 5.59. The summed E-state index contributed by atoms with van der Waals surface area (Å²) < 4.78 is 39.2. The van der Waals surface area contributed by atoms with E-state index in [1.807, 2.05) is 31.2 Å². The second-order valence-corrected chi connectivity index (χ2v) is 7.32. The van der Waals surface area contributed by atoms with Crippen LogP contribution < -0.4 is 9.47 Å². The van der Waals surface area contributed by atoms with Crippen LogP contribution in [0.15, 0.2) is 60.7 Å². The van der Waals surface area contributed by atoms with Gasteiger partial charge in [0.25, 0.3) is 0 Å². The van der Waals surface area contributed by atoms with Crippen LogP contribution in [0.2, 0.25) is 0 Å². The standard InChI is InChI=1S/C26H28F2O2/c1-3-5-17-29-23-15-16-24(26(28)25(23)27)30-18-20-9-13-22(14-10-20)21-11-7-19(6-4-2)8-12-21/h7-16H,3-6,17-18H2,1-2H3. The van der Waals surface area contributed by atoms with E-state index < -0.39 is 11.6 Å². The van der Waals surface area contributed by atoms with Gasteiger partial charge in [-0.05, 0) is 47.2 Å². The summed E-state index contributed by atoms with van der Waals surface area (Å²) in [6.07, 6.45) is 3.93. The lowest BCUT2D eigenvalue weighted by molar-refractivity contribution is 0.267. The summed E-state index contributed by atoms with van der Waals surface area (Å²) in [4.78, 5) is 0. The van der Waals surface area contributed by atoms with Crippen LogP contribution >= 0.6 is 0 Å². The molecule has 0 aliphatic heterocycles. The zero-order valence-corrected chi connectivity index (χ0v) is 17.6. The minimum atomic E-state index is -1.02. The van der Waals surface area contributed by atoms with E-state index in [1.54, 1.807) is 0 Å². The lowest BCUT2D eigenvalue weighted by Crippen LogP contribution is -2.03. The van der Waals surface area contributed by atoms with E-state index in [1.165, 1.54) is 17.7 Å². The molecule has 3 rings (SSSR count). The molecule has 0 bridgehead atoms. The van der Waals surface area contributed by atoms with Crippen molar-refractivity contribution < 1.29 is 18.3 Å². The first-order valence-electron chi connectivity index (χ1n) is 10.5. The third-order valence-electron chi connectivity index (χ3n) is 4.94. The van der Waals surface area contributed by atoms with Crippen LogP contribution in [0.1, 0.15) is 44.2 Å². The summed E-state index contributed by atoms with van der Waals surface area (Å²) in [7, 11) is 0. The van der Waals surface area contributed by atoms with Gasteiger partial charge in [-0.25, -0.2) is 0 Å². The van der Waals surface area contributed by atoms with Gasteiger partial charge < -0.3 is 9.47 Å². The van der Waals surface area contributed by atoms with E-state index >= 15 is 0 Å². The van der Waals surface area contributed by atoms with Gasteiger partial charge in [-0.3, -0.25) is 0 Å². The Balaban J connectivity index is 1.61. The van der Waals surface area contributed by atoms with Crippen LogP contribution in [-0.4, -0.2) is 6.61 Å². The number of aryl methyl sites for hydroxylation is 1. The predicted octanol–water partition coefficient (Wildman–Crippen LogP) is 7.34. The Morgan fingerprint density at radius 3 is 1.70 bits per heavy atom. The van der Waals surface area contributed by atoms with Gasteiger partial charge in [0.15, 0.2) is 11.5 Å². The highest BCUT2D eigenvalue weighted by Gasteiger charge is 2.15. The molecule has 0 aliphatic rings. The molecule has 2 nitrogen and oxygen atoms in total. The van der Waals surface area contributed by atoms with Crippen molar-refractivity contribution >= 4 is 0 Å². The van der Waals surface area contributed by atoms with Crippen molar-refractivity contribution in [3.05, 3.63) is 83.4 Å². The molecule has 0 atom stereocenters. The minimum absolute atomic E-state index is 0.0809. The van der Waals surface area contributed by atoms with Crippen LogP contribution in [0.5, 0.6) is 11.5 Å². The van der Waals surface area contributed by atoms with Gasteiger partial charge in [-0.2, -0.15) is 8.78 Å². The lowest BCUT2D eigenvalue weighted by atomic mass is 10.0. The van der Waals surface area contributed by atoms with Crippen LogP contribution in [0.3, 0.4) is 0 Å². The molecule has 0 aromatic heterocycles. The minimum Gasteiger partial charge on any atom is -0.490 e. The number of halogens is 2. The van der Waals surface area contributed by atoms with Crippen LogP contribution in [-0.2, 0) is 13.0 Å². The topological polar surface area (TPSA) is 18.5 Å². The van der Waals surface area contributed by atoms with Crippen LogP contribution in [0.25, 0.3) is 11.1 Å². The summed E-state index contributed by atoms with van der Waals surface area (Å²) >= 11 is 0. The Hall–Kier alpha value is -2.88. The Morgan fingerprint density at radius 1 is 0.633 bits per heavy atom. The molecule has 0 heterocycles. The molecule has 0 saturated heterocycles. The summed E-state index contributed by atoms with van der Waals surface area (Å²) in [5.74, 6) is -2.23. The molecular weight excluding hydrogens is 382 g/mol. The average Bonchev–Trinajstić information content (AvgIpc) is 2.77. The van der Waals surface area contributed by atoms with Gasteiger partial charge in [-0.1, -0.05) is 75.2 Å². The number of benzene rings is 3. The normalized spacial score (nSPS) is 10.8. The largest absolute Gasteiger partial charge is 0.490 e. The number of unbranched alkanes of at least 4 members (excludes halogenated alkanes) is 1. The maximum Gasteiger partial charge on any atom is 0.204 e. The van der Waals surface area contributed by atoms with Crippen LogP contribution in [0.4, 0.5) is 8.78 Å². The molecule has 0 saturated carbocycles. The predicted molar refractivity (Wildman–Crippen MR) is 117 cm³/mol. The zero-order chi connectivity index (χ0) is 21.3. The molecule has 0 amide bonds. The second-order valence-electron chi connectivity index (χ2n) is 7.32. The molecule has 0 aliphatic carbocycles. The Kier molecular flexibility index (Phi) is 7.83. The van der Waals surface area contributed by atoms with Crippen molar-refractivity contribution in [3.8, 4) is 22.6 Å². The number of rotatable bonds is 10. The van der Waals surface area contributed by atoms with Crippen molar-refractivity contribution in [2.24, 2.45) is 0 Å². The third-order valence-corrected chi connectivity index (χ3v) is 4.94. The highest BCUT2D eigenvalue weighted by molar-refractivity contribution is 5.64. The highest BCUT2D eigenvalue weighted by atomic mass is 19.2. The Morgan fingerprint density at radius 2 is 1.17 bits per heavy atom. The maximum absolute atomic E-state index is 14.3. The van der Waals surface area contributed by atoms with Crippen molar-refractivity contribution in [2.75, 3.05) is 6.61 Å². The highest BCUT2D eigenvalue weighted by Crippen LogP contribution is 2.28. The maximum atomic E-state index is 14.3. The van der Waals surface area contributed by atoms with Crippen molar-refractivity contribution in [3.63, 3.8) is 0 Å². The molecule has 0 N–H and O–H groups in total. The van der Waals surface area contributed by atoms with Crippen LogP contribution in [0, 0.1) is 11.6 Å². The molecular formula is C26H28F2O2. The molecule has 0 fully saturated rings. The molecule has 3 aromatic carbocycles. The molecule has 0 spiro atoms. The van der Waals surface area contributed by atoms with E-state index in [0.29, 0.717) is 6.61 Å². The van der Waals surface area contributed by atoms with Gasteiger partial charge in [0.2, 0.25) is 11.6 Å². The fourth-order valence-corrected chi connectivity index (χ4v) is 3.17. The summed E-state index contributed by atoms with van der Waals surface area (Å²) in [5, 5.41) is 0. The second kappa shape index (κ2) is 10.8. The van der Waals surface area contributed by atoms with Crippen molar-refractivity contribution in [2.45, 2.75) is 46.1 Å². The first kappa shape index (κ1) is 21.8. The molecule has 4 heteroatoms. The quantitative estimate of drug-likeness (QED) is 0.326. The smallest absolute Gasteiger partial charge is 0.204 e. The monoisotopic (exact) mass is 410 g/mol. The fraction of sp³-hybridized carbons (Fsp3) is 0.308.